The van der Waals surface area contributed by atoms with Gasteiger partial charge in [-0.05, 0) is 28.4 Å². The first-order chi connectivity index (χ1) is 6.63. The minimum Gasteiger partial charge on any atom is -0.366 e. The lowest BCUT2D eigenvalue weighted by molar-refractivity contribution is 0.617. The maximum Gasteiger partial charge on any atom is 0.166 e. The van der Waals surface area contributed by atoms with Gasteiger partial charge in [0.1, 0.15) is 0 Å². The number of hydrogen-bond acceptors (Lipinski definition) is 3. The Morgan fingerprint density at radius 2 is 2.43 bits per heavy atom. The van der Waals surface area contributed by atoms with Crippen molar-refractivity contribution >= 4 is 21.7 Å². The molecule has 0 radical (unpaired) electrons. The molecule has 78 valence electrons. The topological polar surface area (TPSA) is 50.9 Å². The van der Waals surface area contributed by atoms with Crippen molar-refractivity contribution in [3.63, 3.8) is 0 Å². The molecule has 0 bridgehead atoms. The molecule has 0 aliphatic carbocycles. The summed E-state index contributed by atoms with van der Waals surface area (Å²) in [5, 5.41) is 2.86. The number of rotatable bonds is 4. The van der Waals surface area contributed by atoms with E-state index in [0.717, 1.165) is 6.42 Å². The monoisotopic (exact) mass is 261 g/mol. The van der Waals surface area contributed by atoms with Crippen molar-refractivity contribution < 1.29 is 4.39 Å². The molecule has 14 heavy (non-hydrogen) atoms. The van der Waals surface area contributed by atoms with Crippen LogP contribution in [0.4, 0.5) is 10.2 Å². The predicted molar refractivity (Wildman–Crippen MR) is 58.7 cm³/mol. The van der Waals surface area contributed by atoms with Gasteiger partial charge < -0.3 is 11.1 Å². The molecular weight excluding hydrogens is 249 g/mol. The van der Waals surface area contributed by atoms with Crippen LogP contribution in [0, 0.1) is 5.82 Å². The summed E-state index contributed by atoms with van der Waals surface area (Å²) in [6, 6.07) is 1.40. The predicted octanol–water partition coefficient (Wildman–Crippen LogP) is 2.13. The molecule has 3 N–H and O–H groups in total. The van der Waals surface area contributed by atoms with E-state index in [2.05, 4.69) is 26.2 Å². The van der Waals surface area contributed by atoms with Gasteiger partial charge in [-0.1, -0.05) is 6.92 Å². The van der Waals surface area contributed by atoms with E-state index in [-0.39, 0.29) is 17.7 Å². The molecule has 1 rings (SSSR count). The van der Waals surface area contributed by atoms with E-state index in [1.807, 2.05) is 6.92 Å². The third kappa shape index (κ3) is 3.23. The summed E-state index contributed by atoms with van der Waals surface area (Å²) in [5.74, 6) is -0.125. The first kappa shape index (κ1) is 11.4. The fourth-order valence-electron chi connectivity index (χ4n) is 0.917. The molecule has 1 unspecified atom stereocenters. The molecule has 1 aromatic rings. The van der Waals surface area contributed by atoms with Crippen LogP contribution in [0.5, 0.6) is 0 Å². The Morgan fingerprint density at radius 3 is 3.00 bits per heavy atom. The minimum absolute atomic E-state index is 0.0276. The zero-order valence-corrected chi connectivity index (χ0v) is 9.51. The highest BCUT2D eigenvalue weighted by Crippen LogP contribution is 2.15. The normalized spacial score (nSPS) is 12.6. The molecule has 1 heterocycles. The molecule has 0 saturated carbocycles. The Bertz CT molecular complexity index is 306. The molecule has 0 saturated heterocycles. The van der Waals surface area contributed by atoms with E-state index in [1.54, 1.807) is 6.20 Å². The second kappa shape index (κ2) is 5.26. The van der Waals surface area contributed by atoms with Crippen molar-refractivity contribution in [3.05, 3.63) is 22.6 Å². The summed E-state index contributed by atoms with van der Waals surface area (Å²) < 4.78 is 13.8. The number of halogens is 2. The summed E-state index contributed by atoms with van der Waals surface area (Å²) in [6.45, 7) is 2.51. The first-order valence-electron chi connectivity index (χ1n) is 4.44. The highest BCUT2D eigenvalue weighted by Gasteiger charge is 2.05. The molecule has 5 heteroatoms. The number of pyridine rings is 1. The van der Waals surface area contributed by atoms with Crippen LogP contribution in [-0.2, 0) is 0 Å². The standard InChI is InChI=1S/C9H13BrFN3/c1-2-7(12)5-14-9-8(11)3-6(10)4-13-9/h3-4,7H,2,5,12H2,1H3,(H,13,14). The summed E-state index contributed by atoms with van der Waals surface area (Å²) in [4.78, 5) is 3.90. The first-order valence-corrected chi connectivity index (χ1v) is 5.23. The molecule has 1 atom stereocenters. The Labute approximate surface area is 91.0 Å². The lowest BCUT2D eigenvalue weighted by Gasteiger charge is -2.11. The molecule has 1 aromatic heterocycles. The van der Waals surface area contributed by atoms with Gasteiger partial charge in [0.15, 0.2) is 11.6 Å². The van der Waals surface area contributed by atoms with Gasteiger partial charge in [0, 0.05) is 23.3 Å². The van der Waals surface area contributed by atoms with Crippen molar-refractivity contribution in [2.75, 3.05) is 11.9 Å². The zero-order valence-electron chi connectivity index (χ0n) is 7.93. The van der Waals surface area contributed by atoms with Crippen LogP contribution in [-0.4, -0.2) is 17.6 Å². The molecule has 0 amide bonds. The van der Waals surface area contributed by atoms with Crippen molar-refractivity contribution in [3.8, 4) is 0 Å². The Morgan fingerprint density at radius 1 is 1.71 bits per heavy atom. The van der Waals surface area contributed by atoms with Crippen LogP contribution in [0.2, 0.25) is 0 Å². The Balaban J connectivity index is 2.59. The van der Waals surface area contributed by atoms with Gasteiger partial charge in [0.25, 0.3) is 0 Å². The van der Waals surface area contributed by atoms with E-state index in [9.17, 15) is 4.39 Å². The smallest absolute Gasteiger partial charge is 0.166 e. The minimum atomic E-state index is -0.373. The number of nitrogens with zero attached hydrogens (tertiary/aromatic N) is 1. The highest BCUT2D eigenvalue weighted by molar-refractivity contribution is 9.10. The average Bonchev–Trinajstić information content (AvgIpc) is 2.16. The fourth-order valence-corrected chi connectivity index (χ4v) is 1.22. The average molecular weight is 262 g/mol. The van der Waals surface area contributed by atoms with Crippen LogP contribution in [0.3, 0.4) is 0 Å². The summed E-state index contributed by atoms with van der Waals surface area (Å²) in [7, 11) is 0. The van der Waals surface area contributed by atoms with Gasteiger partial charge in [-0.3, -0.25) is 0 Å². The van der Waals surface area contributed by atoms with Crippen LogP contribution >= 0.6 is 15.9 Å². The second-order valence-electron chi connectivity index (χ2n) is 3.03. The van der Waals surface area contributed by atoms with E-state index < -0.39 is 0 Å². The number of nitrogens with one attached hydrogen (secondary N) is 1. The Kier molecular flexibility index (Phi) is 4.28. The lowest BCUT2D eigenvalue weighted by atomic mass is 10.2. The molecule has 3 nitrogen and oxygen atoms in total. The third-order valence-electron chi connectivity index (χ3n) is 1.86. The molecule has 0 aromatic carbocycles. The van der Waals surface area contributed by atoms with Gasteiger partial charge >= 0.3 is 0 Å². The van der Waals surface area contributed by atoms with Gasteiger partial charge in [0.2, 0.25) is 0 Å². The molecular formula is C9H13BrFN3. The van der Waals surface area contributed by atoms with Gasteiger partial charge in [-0.15, -0.1) is 0 Å². The van der Waals surface area contributed by atoms with Gasteiger partial charge in [-0.2, -0.15) is 0 Å². The molecule has 0 spiro atoms. The van der Waals surface area contributed by atoms with Crippen LogP contribution in [0.25, 0.3) is 0 Å². The van der Waals surface area contributed by atoms with Crippen molar-refractivity contribution in [2.45, 2.75) is 19.4 Å². The summed E-state index contributed by atoms with van der Waals surface area (Å²) >= 11 is 3.14. The number of hydrogen-bond donors (Lipinski definition) is 2. The Hall–Kier alpha value is -0.680. The zero-order chi connectivity index (χ0) is 10.6. The second-order valence-corrected chi connectivity index (χ2v) is 3.95. The van der Waals surface area contributed by atoms with Crippen molar-refractivity contribution in [1.29, 1.82) is 0 Å². The van der Waals surface area contributed by atoms with E-state index in [0.29, 0.717) is 11.0 Å². The highest BCUT2D eigenvalue weighted by atomic mass is 79.9. The van der Waals surface area contributed by atoms with E-state index in [4.69, 9.17) is 5.73 Å². The number of anilines is 1. The lowest BCUT2D eigenvalue weighted by Crippen LogP contribution is -2.28. The fraction of sp³-hybridized carbons (Fsp3) is 0.444. The van der Waals surface area contributed by atoms with E-state index >= 15 is 0 Å². The number of nitrogens with two attached hydrogens (primary N) is 1. The van der Waals surface area contributed by atoms with Crippen LogP contribution in [0.15, 0.2) is 16.7 Å². The molecule has 0 aliphatic rings. The van der Waals surface area contributed by atoms with Gasteiger partial charge in [-0.25, -0.2) is 9.37 Å². The molecule has 0 aliphatic heterocycles. The van der Waals surface area contributed by atoms with Crippen molar-refractivity contribution in [1.82, 2.24) is 4.98 Å². The summed E-state index contributed by atoms with van der Waals surface area (Å²) in [5.41, 5.74) is 5.68. The maximum absolute atomic E-state index is 13.2. The summed E-state index contributed by atoms with van der Waals surface area (Å²) in [6.07, 6.45) is 2.40. The quantitative estimate of drug-likeness (QED) is 0.873. The van der Waals surface area contributed by atoms with E-state index in [1.165, 1.54) is 6.07 Å². The SMILES string of the molecule is CCC(N)CNc1ncc(Br)cc1F. The van der Waals surface area contributed by atoms with Gasteiger partial charge in [0.05, 0.1) is 0 Å². The molecule has 0 fully saturated rings. The van der Waals surface area contributed by atoms with Crippen molar-refractivity contribution in [2.24, 2.45) is 5.73 Å². The van der Waals surface area contributed by atoms with Crippen LogP contribution < -0.4 is 11.1 Å². The largest absolute Gasteiger partial charge is 0.366 e. The third-order valence-corrected chi connectivity index (χ3v) is 2.30. The van der Waals surface area contributed by atoms with Crippen LogP contribution in [0.1, 0.15) is 13.3 Å². The number of aromatic nitrogens is 1. The maximum atomic E-state index is 13.2.